The van der Waals surface area contributed by atoms with Crippen molar-refractivity contribution in [2.45, 2.75) is 19.1 Å². The van der Waals surface area contributed by atoms with Crippen molar-refractivity contribution in [3.05, 3.63) is 35.4 Å². The molecule has 1 aliphatic rings. The van der Waals surface area contributed by atoms with E-state index in [-0.39, 0.29) is 25.1 Å². The number of halogens is 2. The number of hydrogen-bond acceptors (Lipinski definition) is 3. The largest absolute Gasteiger partial charge is 0.392 e. The molecule has 4 nitrogen and oxygen atoms in total. The van der Waals surface area contributed by atoms with Crippen molar-refractivity contribution in [1.29, 1.82) is 0 Å². The van der Waals surface area contributed by atoms with Gasteiger partial charge in [-0.2, -0.15) is 0 Å². The van der Waals surface area contributed by atoms with Gasteiger partial charge in [0.2, 0.25) is 5.91 Å². The Balaban J connectivity index is 1.80. The van der Waals surface area contributed by atoms with Gasteiger partial charge in [-0.25, -0.2) is 8.78 Å². The molecule has 19 heavy (non-hydrogen) atoms. The molecule has 0 radical (unpaired) electrons. The van der Waals surface area contributed by atoms with Gasteiger partial charge in [0.25, 0.3) is 0 Å². The van der Waals surface area contributed by atoms with Crippen molar-refractivity contribution in [1.82, 2.24) is 10.2 Å². The molecule has 0 bridgehead atoms. The van der Waals surface area contributed by atoms with E-state index in [1.165, 1.54) is 12.1 Å². The highest BCUT2D eigenvalue weighted by atomic mass is 19.1. The third-order valence-electron chi connectivity index (χ3n) is 3.03. The molecular formula is C13H16F2N2O2. The predicted octanol–water partition coefficient (Wildman–Crippen LogP) is 0.648. The molecule has 1 amide bonds. The number of likely N-dealkylation sites (tertiary alicyclic amines) is 1. The Morgan fingerprint density at radius 1 is 1.37 bits per heavy atom. The molecule has 1 saturated heterocycles. The second-order valence-corrected chi connectivity index (χ2v) is 4.73. The van der Waals surface area contributed by atoms with E-state index in [1.54, 1.807) is 0 Å². The van der Waals surface area contributed by atoms with E-state index < -0.39 is 11.6 Å². The van der Waals surface area contributed by atoms with Gasteiger partial charge in [0.1, 0.15) is 11.6 Å². The van der Waals surface area contributed by atoms with Crippen molar-refractivity contribution in [2.24, 2.45) is 0 Å². The molecule has 1 aliphatic heterocycles. The zero-order valence-corrected chi connectivity index (χ0v) is 10.4. The van der Waals surface area contributed by atoms with E-state index in [1.807, 2.05) is 4.90 Å². The van der Waals surface area contributed by atoms with Crippen LogP contribution in [-0.2, 0) is 11.3 Å². The Labute approximate surface area is 110 Å². The van der Waals surface area contributed by atoms with Crippen LogP contribution in [0.3, 0.4) is 0 Å². The Morgan fingerprint density at radius 3 is 2.63 bits per heavy atom. The minimum atomic E-state index is -0.660. The third-order valence-corrected chi connectivity index (χ3v) is 3.03. The predicted molar refractivity (Wildman–Crippen MR) is 65.3 cm³/mol. The van der Waals surface area contributed by atoms with E-state index in [0.717, 1.165) is 6.07 Å². The molecule has 2 N–H and O–H groups in total. The molecule has 0 spiro atoms. The average molecular weight is 270 g/mol. The topological polar surface area (TPSA) is 52.6 Å². The summed E-state index contributed by atoms with van der Waals surface area (Å²) in [4.78, 5) is 13.5. The molecule has 0 unspecified atom stereocenters. The fourth-order valence-corrected chi connectivity index (χ4v) is 2.13. The summed E-state index contributed by atoms with van der Waals surface area (Å²) in [6.45, 7) is 1.45. The molecule has 2 rings (SSSR count). The summed E-state index contributed by atoms with van der Waals surface area (Å²) < 4.78 is 25.9. The first-order valence-corrected chi connectivity index (χ1v) is 6.15. The maximum Gasteiger partial charge on any atom is 0.234 e. The van der Waals surface area contributed by atoms with E-state index in [4.69, 9.17) is 0 Å². The summed E-state index contributed by atoms with van der Waals surface area (Å²) in [5.74, 6) is -1.54. The number of amides is 1. The lowest BCUT2D eigenvalue weighted by molar-refractivity contribution is -0.122. The lowest BCUT2D eigenvalue weighted by Gasteiger charge is -2.14. The Kier molecular flexibility index (Phi) is 4.44. The van der Waals surface area contributed by atoms with Crippen LogP contribution in [0.2, 0.25) is 0 Å². The van der Waals surface area contributed by atoms with Crippen molar-refractivity contribution in [3.63, 3.8) is 0 Å². The van der Waals surface area contributed by atoms with Crippen LogP contribution in [0.5, 0.6) is 0 Å². The minimum absolute atomic E-state index is 0.0872. The number of nitrogens with zero attached hydrogens (tertiary/aromatic N) is 1. The average Bonchev–Trinajstić information content (AvgIpc) is 2.71. The number of β-amino-alcohol motifs (C(OH)–C–C–N with tert-alkyl or cyclic N) is 1. The van der Waals surface area contributed by atoms with Gasteiger partial charge in [-0.15, -0.1) is 0 Å². The van der Waals surface area contributed by atoms with Gasteiger partial charge in [-0.3, -0.25) is 9.69 Å². The molecule has 1 fully saturated rings. The zero-order valence-electron chi connectivity index (χ0n) is 10.4. The van der Waals surface area contributed by atoms with Crippen LogP contribution >= 0.6 is 0 Å². The van der Waals surface area contributed by atoms with Crippen LogP contribution in [0.1, 0.15) is 12.0 Å². The van der Waals surface area contributed by atoms with E-state index in [0.29, 0.717) is 25.1 Å². The van der Waals surface area contributed by atoms with Crippen molar-refractivity contribution in [3.8, 4) is 0 Å². The summed E-state index contributed by atoms with van der Waals surface area (Å²) in [5, 5.41) is 11.9. The van der Waals surface area contributed by atoms with Crippen molar-refractivity contribution in [2.75, 3.05) is 19.6 Å². The molecule has 1 aromatic carbocycles. The summed E-state index contributed by atoms with van der Waals surface area (Å²) in [6.07, 6.45) is 0.299. The first-order chi connectivity index (χ1) is 9.02. The second kappa shape index (κ2) is 6.08. The van der Waals surface area contributed by atoms with Crippen LogP contribution in [0.15, 0.2) is 18.2 Å². The fourth-order valence-electron chi connectivity index (χ4n) is 2.13. The number of carbonyl (C=O) groups is 1. The number of rotatable bonds is 4. The molecule has 1 aromatic rings. The van der Waals surface area contributed by atoms with Crippen LogP contribution < -0.4 is 5.32 Å². The Hall–Kier alpha value is -1.53. The summed E-state index contributed by atoms with van der Waals surface area (Å²) in [6, 6.07) is 3.16. The zero-order chi connectivity index (χ0) is 13.8. The highest BCUT2D eigenvalue weighted by Crippen LogP contribution is 2.09. The van der Waals surface area contributed by atoms with E-state index in [2.05, 4.69) is 5.32 Å². The number of aliphatic hydroxyl groups is 1. The standard InChI is InChI=1S/C13H16F2N2O2/c14-10-3-9(4-11(15)5-10)6-16-13(19)8-17-2-1-12(18)7-17/h3-5,12,18H,1-2,6-8H2,(H,16,19)/t12-/m0/s1. The van der Waals surface area contributed by atoms with Crippen LogP contribution in [0.25, 0.3) is 0 Å². The maximum atomic E-state index is 12.9. The van der Waals surface area contributed by atoms with Crippen molar-refractivity contribution >= 4 is 5.91 Å². The van der Waals surface area contributed by atoms with Crippen LogP contribution in [-0.4, -0.2) is 41.7 Å². The normalized spacial score (nSPS) is 19.6. The van der Waals surface area contributed by atoms with Gasteiger partial charge >= 0.3 is 0 Å². The summed E-state index contributed by atoms with van der Waals surface area (Å²) >= 11 is 0. The van der Waals surface area contributed by atoms with Gasteiger partial charge in [0.05, 0.1) is 12.6 Å². The van der Waals surface area contributed by atoms with E-state index in [9.17, 15) is 18.7 Å². The summed E-state index contributed by atoms with van der Waals surface area (Å²) in [5.41, 5.74) is 0.382. The quantitative estimate of drug-likeness (QED) is 0.844. The van der Waals surface area contributed by atoms with Gasteiger partial charge in [0.15, 0.2) is 0 Å². The number of nitrogens with one attached hydrogen (secondary N) is 1. The Bertz CT molecular complexity index is 448. The molecule has 6 heteroatoms. The maximum absolute atomic E-state index is 12.9. The second-order valence-electron chi connectivity index (χ2n) is 4.73. The lowest BCUT2D eigenvalue weighted by Crippen LogP contribution is -2.36. The number of benzene rings is 1. The van der Waals surface area contributed by atoms with Gasteiger partial charge < -0.3 is 10.4 Å². The lowest BCUT2D eigenvalue weighted by atomic mass is 10.2. The fraction of sp³-hybridized carbons (Fsp3) is 0.462. The first kappa shape index (κ1) is 13.9. The molecule has 1 heterocycles. The Morgan fingerprint density at radius 2 is 2.05 bits per heavy atom. The highest BCUT2D eigenvalue weighted by molar-refractivity contribution is 5.78. The van der Waals surface area contributed by atoms with Crippen LogP contribution in [0.4, 0.5) is 8.78 Å². The smallest absolute Gasteiger partial charge is 0.234 e. The first-order valence-electron chi connectivity index (χ1n) is 6.15. The number of carbonyl (C=O) groups excluding carboxylic acids is 1. The SMILES string of the molecule is O=C(CN1CC[C@H](O)C1)NCc1cc(F)cc(F)c1. The molecule has 0 saturated carbocycles. The van der Waals surface area contributed by atoms with Gasteiger partial charge in [-0.05, 0) is 24.1 Å². The number of aliphatic hydroxyl groups excluding tert-OH is 1. The third kappa shape index (κ3) is 4.25. The van der Waals surface area contributed by atoms with E-state index >= 15 is 0 Å². The highest BCUT2D eigenvalue weighted by Gasteiger charge is 2.21. The van der Waals surface area contributed by atoms with Gasteiger partial charge in [-0.1, -0.05) is 0 Å². The molecule has 0 aromatic heterocycles. The molecule has 1 atom stereocenters. The number of hydrogen-bond donors (Lipinski definition) is 2. The van der Waals surface area contributed by atoms with Gasteiger partial charge in [0, 0.05) is 25.7 Å². The van der Waals surface area contributed by atoms with Crippen LogP contribution in [0, 0.1) is 11.6 Å². The molecular weight excluding hydrogens is 254 g/mol. The molecule has 0 aliphatic carbocycles. The van der Waals surface area contributed by atoms with Crippen molar-refractivity contribution < 1.29 is 18.7 Å². The summed E-state index contributed by atoms with van der Waals surface area (Å²) in [7, 11) is 0. The molecule has 104 valence electrons. The minimum Gasteiger partial charge on any atom is -0.392 e. The monoisotopic (exact) mass is 270 g/mol.